The fourth-order valence-electron chi connectivity index (χ4n) is 3.63. The number of amides is 2. The maximum Gasteiger partial charge on any atom is 0.254 e. The number of rotatable bonds is 5. The average molecular weight is 365 g/mol. The molecule has 2 aromatic carbocycles. The Balaban J connectivity index is 1.76. The molecule has 1 aliphatic heterocycles. The van der Waals surface area contributed by atoms with Gasteiger partial charge in [0.05, 0.1) is 0 Å². The zero-order valence-corrected chi connectivity index (χ0v) is 15.9. The van der Waals surface area contributed by atoms with Crippen LogP contribution < -0.4 is 11.1 Å². The number of nitrogens with two attached hydrogens (primary N) is 1. The van der Waals surface area contributed by atoms with Crippen molar-refractivity contribution in [1.82, 2.24) is 10.2 Å². The van der Waals surface area contributed by atoms with Crippen molar-refractivity contribution in [2.75, 3.05) is 13.6 Å². The lowest BCUT2D eigenvalue weighted by molar-refractivity contribution is -0.124. The minimum atomic E-state index is -0.497. The molecule has 0 radical (unpaired) electrons. The first-order valence-corrected chi connectivity index (χ1v) is 9.51. The Hall–Kier alpha value is -2.66. The highest BCUT2D eigenvalue weighted by Gasteiger charge is 2.37. The van der Waals surface area contributed by atoms with E-state index in [1.165, 1.54) is 5.56 Å². The molecule has 2 atom stereocenters. The third kappa shape index (κ3) is 4.19. The van der Waals surface area contributed by atoms with Gasteiger partial charge in [0.2, 0.25) is 5.91 Å². The van der Waals surface area contributed by atoms with E-state index in [0.29, 0.717) is 18.5 Å². The van der Waals surface area contributed by atoms with E-state index in [4.69, 9.17) is 5.73 Å². The molecule has 0 saturated carbocycles. The lowest BCUT2D eigenvalue weighted by Gasteiger charge is -2.23. The normalized spacial score (nSPS) is 19.1. The van der Waals surface area contributed by atoms with Gasteiger partial charge in [-0.05, 0) is 41.7 Å². The van der Waals surface area contributed by atoms with Crippen LogP contribution in [0.3, 0.4) is 0 Å². The van der Waals surface area contributed by atoms with Crippen molar-refractivity contribution in [3.05, 3.63) is 59.7 Å². The molecule has 0 bridgehead atoms. The lowest BCUT2D eigenvalue weighted by atomic mass is 10.0. The van der Waals surface area contributed by atoms with E-state index in [2.05, 4.69) is 36.5 Å². The molecule has 3 rings (SSSR count). The highest BCUT2D eigenvalue weighted by molar-refractivity contribution is 5.98. The van der Waals surface area contributed by atoms with Crippen LogP contribution in [0.5, 0.6) is 0 Å². The first kappa shape index (κ1) is 19.1. The Morgan fingerprint density at radius 2 is 1.67 bits per heavy atom. The molecule has 1 fully saturated rings. The third-order valence-corrected chi connectivity index (χ3v) is 5.10. The van der Waals surface area contributed by atoms with Crippen LogP contribution in [0.2, 0.25) is 0 Å². The molecule has 1 saturated heterocycles. The van der Waals surface area contributed by atoms with Gasteiger partial charge in [-0.1, -0.05) is 49.7 Å². The first-order chi connectivity index (χ1) is 13.0. The molecule has 5 nitrogen and oxygen atoms in total. The van der Waals surface area contributed by atoms with Crippen LogP contribution in [0.15, 0.2) is 48.5 Å². The summed E-state index contributed by atoms with van der Waals surface area (Å²) in [6, 6.07) is 15.4. The van der Waals surface area contributed by atoms with Crippen LogP contribution in [0.4, 0.5) is 0 Å². The molecule has 1 aliphatic rings. The number of aryl methyl sites for hydroxylation is 1. The molecule has 0 unspecified atom stereocenters. The minimum absolute atomic E-state index is 0.151. The van der Waals surface area contributed by atoms with E-state index in [1.807, 2.05) is 24.3 Å². The van der Waals surface area contributed by atoms with Crippen molar-refractivity contribution in [3.63, 3.8) is 0 Å². The van der Waals surface area contributed by atoms with Crippen molar-refractivity contribution in [3.8, 4) is 11.1 Å². The molecule has 0 aliphatic carbocycles. The van der Waals surface area contributed by atoms with E-state index >= 15 is 0 Å². The summed E-state index contributed by atoms with van der Waals surface area (Å²) >= 11 is 0. The van der Waals surface area contributed by atoms with Gasteiger partial charge in [-0.2, -0.15) is 0 Å². The van der Waals surface area contributed by atoms with Gasteiger partial charge in [-0.3, -0.25) is 9.59 Å². The van der Waals surface area contributed by atoms with Crippen LogP contribution in [0, 0.1) is 0 Å². The Kier molecular flexibility index (Phi) is 5.91. The van der Waals surface area contributed by atoms with E-state index in [1.54, 1.807) is 11.9 Å². The topological polar surface area (TPSA) is 75.4 Å². The van der Waals surface area contributed by atoms with Gasteiger partial charge >= 0.3 is 0 Å². The summed E-state index contributed by atoms with van der Waals surface area (Å²) in [7, 11) is 1.58. The fraction of sp³-hybridized carbons (Fsp3) is 0.364. The Morgan fingerprint density at radius 1 is 1.07 bits per heavy atom. The van der Waals surface area contributed by atoms with Crippen LogP contribution in [0.1, 0.15) is 35.7 Å². The molecule has 142 valence electrons. The number of nitrogens with zero attached hydrogens (tertiary/aromatic N) is 1. The Labute approximate surface area is 160 Å². The van der Waals surface area contributed by atoms with E-state index in [0.717, 1.165) is 24.0 Å². The SMILES string of the molecule is CCCc1ccc(-c2ccc(C(=O)N3C[C@H](N)C[C@H]3C(=O)NC)cc2)cc1. The predicted octanol–water partition coefficient (Wildman–Crippen LogP) is 2.59. The molecule has 2 aromatic rings. The first-order valence-electron chi connectivity index (χ1n) is 9.51. The second-order valence-electron chi connectivity index (χ2n) is 7.11. The van der Waals surface area contributed by atoms with Gasteiger partial charge in [-0.15, -0.1) is 0 Å². The van der Waals surface area contributed by atoms with Gasteiger partial charge in [0.25, 0.3) is 5.91 Å². The average Bonchev–Trinajstić information content (AvgIpc) is 3.09. The van der Waals surface area contributed by atoms with Crippen molar-refractivity contribution >= 4 is 11.8 Å². The summed E-state index contributed by atoms with van der Waals surface area (Å²) in [5, 5.41) is 2.62. The van der Waals surface area contributed by atoms with Crippen LogP contribution in [-0.2, 0) is 11.2 Å². The number of benzene rings is 2. The third-order valence-electron chi connectivity index (χ3n) is 5.10. The number of hydrogen-bond donors (Lipinski definition) is 2. The number of carbonyl (C=O) groups excluding carboxylic acids is 2. The highest BCUT2D eigenvalue weighted by Crippen LogP contribution is 2.24. The summed E-state index contributed by atoms with van der Waals surface area (Å²) < 4.78 is 0. The van der Waals surface area contributed by atoms with Crippen LogP contribution in [-0.4, -0.2) is 42.4 Å². The largest absolute Gasteiger partial charge is 0.357 e. The maximum absolute atomic E-state index is 12.9. The Bertz CT molecular complexity index is 799. The molecule has 5 heteroatoms. The second-order valence-corrected chi connectivity index (χ2v) is 7.11. The van der Waals surface area contributed by atoms with Gasteiger partial charge in [0, 0.05) is 25.2 Å². The molecular weight excluding hydrogens is 338 g/mol. The number of likely N-dealkylation sites (N-methyl/N-ethyl adjacent to an activating group) is 1. The van der Waals surface area contributed by atoms with E-state index in [9.17, 15) is 9.59 Å². The number of nitrogens with one attached hydrogen (secondary N) is 1. The molecule has 3 N–H and O–H groups in total. The number of hydrogen-bond acceptors (Lipinski definition) is 3. The van der Waals surface area contributed by atoms with Crippen molar-refractivity contribution in [2.24, 2.45) is 5.73 Å². The quantitative estimate of drug-likeness (QED) is 0.855. The lowest BCUT2D eigenvalue weighted by Crippen LogP contribution is -2.45. The molecular formula is C22H27N3O2. The summed E-state index contributed by atoms with van der Waals surface area (Å²) in [6.07, 6.45) is 2.71. The zero-order valence-electron chi connectivity index (χ0n) is 15.9. The molecule has 27 heavy (non-hydrogen) atoms. The fourth-order valence-corrected chi connectivity index (χ4v) is 3.63. The minimum Gasteiger partial charge on any atom is -0.357 e. The smallest absolute Gasteiger partial charge is 0.254 e. The molecule has 2 amide bonds. The van der Waals surface area contributed by atoms with E-state index in [-0.39, 0.29) is 17.9 Å². The van der Waals surface area contributed by atoms with Gasteiger partial charge < -0.3 is 16.0 Å². The van der Waals surface area contributed by atoms with Crippen molar-refractivity contribution < 1.29 is 9.59 Å². The van der Waals surface area contributed by atoms with Crippen molar-refractivity contribution in [2.45, 2.75) is 38.3 Å². The second kappa shape index (κ2) is 8.35. The summed E-state index contributed by atoms with van der Waals surface area (Å²) in [6.45, 7) is 2.57. The maximum atomic E-state index is 12.9. The monoisotopic (exact) mass is 365 g/mol. The number of carbonyl (C=O) groups is 2. The molecule has 1 heterocycles. The van der Waals surface area contributed by atoms with Crippen molar-refractivity contribution in [1.29, 1.82) is 0 Å². The van der Waals surface area contributed by atoms with Gasteiger partial charge in [0.1, 0.15) is 6.04 Å². The van der Waals surface area contributed by atoms with Gasteiger partial charge in [-0.25, -0.2) is 0 Å². The highest BCUT2D eigenvalue weighted by atomic mass is 16.2. The van der Waals surface area contributed by atoms with Crippen LogP contribution in [0.25, 0.3) is 11.1 Å². The van der Waals surface area contributed by atoms with Crippen LogP contribution >= 0.6 is 0 Å². The Morgan fingerprint density at radius 3 is 2.22 bits per heavy atom. The number of likely N-dealkylation sites (tertiary alicyclic amines) is 1. The molecule has 0 spiro atoms. The summed E-state index contributed by atoms with van der Waals surface area (Å²) in [5.74, 6) is -0.318. The zero-order chi connectivity index (χ0) is 19.4. The predicted molar refractivity (Wildman–Crippen MR) is 107 cm³/mol. The van der Waals surface area contributed by atoms with E-state index < -0.39 is 6.04 Å². The summed E-state index contributed by atoms with van der Waals surface area (Å²) in [4.78, 5) is 26.5. The van der Waals surface area contributed by atoms with Gasteiger partial charge in [0.15, 0.2) is 0 Å². The summed E-state index contributed by atoms with van der Waals surface area (Å²) in [5.41, 5.74) is 10.1. The molecule has 0 aromatic heterocycles. The standard InChI is InChI=1S/C22H27N3O2/c1-3-4-15-5-7-16(8-6-15)17-9-11-18(12-10-17)22(27)25-14-19(23)13-20(25)21(26)24-2/h5-12,19-20H,3-4,13-14,23H2,1-2H3,(H,24,26)/t19-,20+/m1/s1.